The van der Waals surface area contributed by atoms with Gasteiger partial charge in [-0.15, -0.1) is 11.3 Å². The third kappa shape index (κ3) is 5.16. The Kier molecular flexibility index (Phi) is 6.24. The van der Waals surface area contributed by atoms with Gasteiger partial charge in [-0.05, 0) is 36.3 Å². The highest BCUT2D eigenvalue weighted by Crippen LogP contribution is 2.18. The van der Waals surface area contributed by atoms with E-state index in [-0.39, 0.29) is 12.0 Å². The maximum absolute atomic E-state index is 12.2. The van der Waals surface area contributed by atoms with Crippen molar-refractivity contribution < 1.29 is 9.53 Å². The molecule has 0 saturated carbocycles. The smallest absolute Gasteiger partial charge is 0.225 e. The van der Waals surface area contributed by atoms with E-state index in [9.17, 15) is 4.79 Å². The third-order valence-corrected chi connectivity index (χ3v) is 4.38. The van der Waals surface area contributed by atoms with E-state index in [1.807, 2.05) is 18.5 Å². The number of hydrogen-bond acceptors (Lipinski definition) is 4. The second-order valence-corrected chi connectivity index (χ2v) is 6.18. The van der Waals surface area contributed by atoms with E-state index in [2.05, 4.69) is 11.8 Å². The highest BCUT2D eigenvalue weighted by atomic mass is 32.1. The summed E-state index contributed by atoms with van der Waals surface area (Å²) in [6, 6.07) is 2.02. The first-order chi connectivity index (χ1) is 10.2. The monoisotopic (exact) mass is 306 g/mol. The summed E-state index contributed by atoms with van der Waals surface area (Å²) in [4.78, 5) is 15.0. The van der Waals surface area contributed by atoms with Crippen molar-refractivity contribution in [2.45, 2.75) is 38.3 Å². The Morgan fingerprint density at radius 1 is 1.57 bits per heavy atom. The summed E-state index contributed by atoms with van der Waals surface area (Å²) in [5, 5.41) is 2.04. The summed E-state index contributed by atoms with van der Waals surface area (Å²) in [6.07, 6.45) is 3.86. The minimum atomic E-state index is 0.0992. The molecule has 5 heteroatoms. The first-order valence-corrected chi connectivity index (χ1v) is 8.19. The summed E-state index contributed by atoms with van der Waals surface area (Å²) in [5.74, 6) is 5.99. The van der Waals surface area contributed by atoms with Gasteiger partial charge in [0.15, 0.2) is 0 Å². The zero-order valence-corrected chi connectivity index (χ0v) is 13.2. The summed E-state index contributed by atoms with van der Waals surface area (Å²) in [6.45, 7) is 1.77. The molecule has 1 saturated heterocycles. The van der Waals surface area contributed by atoms with Gasteiger partial charge in [-0.2, -0.15) is 0 Å². The molecule has 2 heterocycles. The standard InChI is InChI=1S/C16H22N2O2S/c1-18(16(19)10-14-5-2-3-8-20-14)11-13-9-15(21-12-13)6-4-7-17/h9,12,14H,2-3,5,7-8,10-11,17H2,1H3. The van der Waals surface area contributed by atoms with E-state index in [0.717, 1.165) is 36.3 Å². The van der Waals surface area contributed by atoms with Gasteiger partial charge < -0.3 is 15.4 Å². The Hall–Kier alpha value is -1.35. The lowest BCUT2D eigenvalue weighted by Crippen LogP contribution is -2.31. The number of thiophene rings is 1. The first kappa shape index (κ1) is 16.0. The fourth-order valence-corrected chi connectivity index (χ4v) is 3.11. The number of rotatable bonds is 4. The molecule has 4 nitrogen and oxygen atoms in total. The summed E-state index contributed by atoms with van der Waals surface area (Å²) in [5.41, 5.74) is 6.47. The predicted octanol–water partition coefficient (Wildman–Crippen LogP) is 1.98. The third-order valence-electron chi connectivity index (χ3n) is 3.49. The Balaban J connectivity index is 1.83. The van der Waals surface area contributed by atoms with Crippen LogP contribution < -0.4 is 5.73 Å². The lowest BCUT2D eigenvalue weighted by molar-refractivity contribution is -0.134. The molecular formula is C16H22N2O2S. The molecule has 1 aromatic heterocycles. The molecule has 0 aromatic carbocycles. The topological polar surface area (TPSA) is 55.6 Å². The van der Waals surface area contributed by atoms with Crippen molar-refractivity contribution >= 4 is 17.2 Å². The lowest BCUT2D eigenvalue weighted by Gasteiger charge is -2.24. The molecule has 0 bridgehead atoms. The van der Waals surface area contributed by atoms with Crippen LogP contribution in [0.25, 0.3) is 0 Å². The van der Waals surface area contributed by atoms with Crippen LogP contribution in [0.5, 0.6) is 0 Å². The van der Waals surface area contributed by atoms with E-state index in [1.165, 1.54) is 0 Å². The van der Waals surface area contributed by atoms with Gasteiger partial charge in [-0.25, -0.2) is 0 Å². The van der Waals surface area contributed by atoms with E-state index < -0.39 is 0 Å². The minimum Gasteiger partial charge on any atom is -0.378 e. The SMILES string of the molecule is CN(Cc1csc(C#CCN)c1)C(=O)CC1CCCCO1. The molecule has 1 amide bonds. The summed E-state index contributed by atoms with van der Waals surface area (Å²) in [7, 11) is 1.84. The van der Waals surface area contributed by atoms with Crippen LogP contribution in [0.3, 0.4) is 0 Å². The Morgan fingerprint density at radius 2 is 2.43 bits per heavy atom. The highest BCUT2D eigenvalue weighted by Gasteiger charge is 2.20. The van der Waals surface area contributed by atoms with Crippen molar-refractivity contribution in [3.05, 3.63) is 21.9 Å². The molecule has 2 rings (SSSR count). The Morgan fingerprint density at radius 3 is 3.14 bits per heavy atom. The zero-order chi connectivity index (χ0) is 15.1. The molecule has 1 aromatic rings. The average molecular weight is 306 g/mol. The highest BCUT2D eigenvalue weighted by molar-refractivity contribution is 7.10. The molecule has 0 aliphatic carbocycles. The van der Waals surface area contributed by atoms with Crippen molar-refractivity contribution in [2.75, 3.05) is 20.2 Å². The largest absolute Gasteiger partial charge is 0.378 e. The predicted molar refractivity (Wildman–Crippen MR) is 84.9 cm³/mol. The second kappa shape index (κ2) is 8.18. The van der Waals surface area contributed by atoms with Gasteiger partial charge >= 0.3 is 0 Å². The number of nitrogens with two attached hydrogens (primary N) is 1. The van der Waals surface area contributed by atoms with Gasteiger partial charge in [0.2, 0.25) is 5.91 Å². The van der Waals surface area contributed by atoms with Crippen LogP contribution in [0.1, 0.15) is 36.1 Å². The van der Waals surface area contributed by atoms with Gasteiger partial charge in [-0.3, -0.25) is 4.79 Å². The van der Waals surface area contributed by atoms with Gasteiger partial charge in [0.25, 0.3) is 0 Å². The van der Waals surface area contributed by atoms with E-state index in [4.69, 9.17) is 10.5 Å². The van der Waals surface area contributed by atoms with Crippen LogP contribution in [-0.2, 0) is 16.1 Å². The molecule has 1 aliphatic rings. The number of carbonyl (C=O) groups excluding carboxylic acids is 1. The number of amides is 1. The van der Waals surface area contributed by atoms with E-state index in [0.29, 0.717) is 19.5 Å². The van der Waals surface area contributed by atoms with Gasteiger partial charge in [0, 0.05) is 20.2 Å². The maximum atomic E-state index is 12.2. The fourth-order valence-electron chi connectivity index (χ4n) is 2.34. The zero-order valence-electron chi connectivity index (χ0n) is 12.4. The number of nitrogens with zero attached hydrogens (tertiary/aromatic N) is 1. The van der Waals surface area contributed by atoms with Gasteiger partial charge in [0.1, 0.15) is 0 Å². The van der Waals surface area contributed by atoms with E-state index >= 15 is 0 Å². The average Bonchev–Trinajstić information content (AvgIpc) is 2.93. The summed E-state index contributed by atoms with van der Waals surface area (Å²) >= 11 is 1.59. The minimum absolute atomic E-state index is 0.0992. The number of carbonyl (C=O) groups is 1. The first-order valence-electron chi connectivity index (χ1n) is 7.31. The van der Waals surface area contributed by atoms with Crippen molar-refractivity contribution in [3.8, 4) is 11.8 Å². The van der Waals surface area contributed by atoms with Crippen molar-refractivity contribution in [3.63, 3.8) is 0 Å². The van der Waals surface area contributed by atoms with Crippen molar-refractivity contribution in [1.82, 2.24) is 4.90 Å². The molecule has 1 aliphatic heterocycles. The van der Waals surface area contributed by atoms with Crippen LogP contribution in [0.15, 0.2) is 11.4 Å². The Labute approximate surface area is 130 Å². The van der Waals surface area contributed by atoms with Crippen molar-refractivity contribution in [1.29, 1.82) is 0 Å². The molecule has 21 heavy (non-hydrogen) atoms. The van der Waals surface area contributed by atoms with Gasteiger partial charge in [0.05, 0.1) is 23.9 Å². The summed E-state index contributed by atoms with van der Waals surface area (Å²) < 4.78 is 5.62. The lowest BCUT2D eigenvalue weighted by atomic mass is 10.1. The molecule has 0 spiro atoms. The maximum Gasteiger partial charge on any atom is 0.225 e. The molecule has 114 valence electrons. The molecule has 2 N–H and O–H groups in total. The van der Waals surface area contributed by atoms with Crippen LogP contribution in [0.2, 0.25) is 0 Å². The second-order valence-electron chi connectivity index (χ2n) is 5.27. The quantitative estimate of drug-likeness (QED) is 0.865. The van der Waals surface area contributed by atoms with Crippen LogP contribution in [0, 0.1) is 11.8 Å². The number of hydrogen-bond donors (Lipinski definition) is 1. The van der Waals surface area contributed by atoms with Crippen molar-refractivity contribution in [2.24, 2.45) is 5.73 Å². The van der Waals surface area contributed by atoms with E-state index in [1.54, 1.807) is 16.2 Å². The normalized spacial score (nSPS) is 17.9. The fraction of sp³-hybridized carbons (Fsp3) is 0.562. The Bertz CT molecular complexity index is 524. The van der Waals surface area contributed by atoms with Gasteiger partial charge in [-0.1, -0.05) is 11.8 Å². The van der Waals surface area contributed by atoms with Crippen LogP contribution in [0.4, 0.5) is 0 Å². The molecule has 1 atom stereocenters. The molecule has 1 unspecified atom stereocenters. The number of ether oxygens (including phenoxy) is 1. The van der Waals surface area contributed by atoms with Crippen LogP contribution in [-0.4, -0.2) is 37.1 Å². The molecular weight excluding hydrogens is 284 g/mol. The molecule has 0 radical (unpaired) electrons. The molecule has 1 fully saturated rings. The van der Waals surface area contributed by atoms with Crippen LogP contribution >= 0.6 is 11.3 Å².